The molecule has 0 fully saturated rings. The number of carbonyl (C=O) groups is 2. The van der Waals surface area contributed by atoms with Gasteiger partial charge in [-0.2, -0.15) is 0 Å². The van der Waals surface area contributed by atoms with Crippen LogP contribution in [0.3, 0.4) is 0 Å². The maximum absolute atomic E-state index is 12.6. The zero-order chi connectivity index (χ0) is 20.0. The van der Waals surface area contributed by atoms with Crippen LogP contribution in [0.5, 0.6) is 0 Å². The molecule has 0 saturated carbocycles. The predicted molar refractivity (Wildman–Crippen MR) is 107 cm³/mol. The van der Waals surface area contributed by atoms with Crippen molar-refractivity contribution in [2.45, 2.75) is 58.0 Å². The third-order valence-electron chi connectivity index (χ3n) is 4.71. The third-order valence-corrected chi connectivity index (χ3v) is 9.21. The Hall–Kier alpha value is -1.92. The molecule has 1 amide bonds. The van der Waals surface area contributed by atoms with Gasteiger partial charge in [0, 0.05) is 12.5 Å². The van der Waals surface area contributed by atoms with Crippen LogP contribution in [0.25, 0.3) is 0 Å². The van der Waals surface area contributed by atoms with E-state index in [1.54, 1.807) is 24.3 Å². The minimum absolute atomic E-state index is 0.0338. The molecule has 0 aliphatic heterocycles. The molecule has 0 radical (unpaired) electrons. The van der Waals surface area contributed by atoms with Crippen molar-refractivity contribution in [1.82, 2.24) is 5.32 Å². The summed E-state index contributed by atoms with van der Waals surface area (Å²) in [6.07, 6.45) is 0.858. The van der Waals surface area contributed by atoms with Crippen molar-refractivity contribution in [2.24, 2.45) is 0 Å². The van der Waals surface area contributed by atoms with Gasteiger partial charge in [0.15, 0.2) is 8.32 Å². The summed E-state index contributed by atoms with van der Waals surface area (Å²) in [6, 6.07) is 8.39. The average Bonchev–Trinajstić information content (AvgIpc) is 2.56. The Balaban J connectivity index is 2.96. The maximum Gasteiger partial charge on any atom is 0.303 e. The van der Waals surface area contributed by atoms with Crippen molar-refractivity contribution < 1.29 is 18.8 Å². The van der Waals surface area contributed by atoms with Crippen LogP contribution in [-0.4, -0.2) is 38.9 Å². The molecular weight excluding hydrogens is 346 g/mol. The topological polar surface area (TPSA) is 64.6 Å². The second kappa shape index (κ2) is 9.14. The standard InChI is InChI=1S/C20H31NO4Si/c1-8-18(25-15(2)22)17(14-24-26(6,7)20(3,4)5)21-19(23)16-12-10-9-11-13-16/h8-13,17-18H,1,14H2,2-7H3,(H,21,23)/t17-,18-/m1/s1. The number of hydrogen-bond donors (Lipinski definition) is 1. The summed E-state index contributed by atoms with van der Waals surface area (Å²) >= 11 is 0. The van der Waals surface area contributed by atoms with E-state index in [2.05, 4.69) is 45.8 Å². The van der Waals surface area contributed by atoms with Crippen molar-refractivity contribution in [3.8, 4) is 0 Å². The first-order valence-corrected chi connectivity index (χ1v) is 11.7. The van der Waals surface area contributed by atoms with Crippen LogP contribution in [0.4, 0.5) is 0 Å². The lowest BCUT2D eigenvalue weighted by Crippen LogP contribution is -2.51. The molecule has 0 spiro atoms. The van der Waals surface area contributed by atoms with Crippen LogP contribution >= 0.6 is 0 Å². The average molecular weight is 378 g/mol. The van der Waals surface area contributed by atoms with Crippen LogP contribution in [0.15, 0.2) is 43.0 Å². The van der Waals surface area contributed by atoms with E-state index in [0.29, 0.717) is 5.56 Å². The van der Waals surface area contributed by atoms with E-state index in [0.717, 1.165) is 0 Å². The molecule has 144 valence electrons. The lowest BCUT2D eigenvalue weighted by molar-refractivity contribution is -0.145. The molecule has 1 aromatic carbocycles. The molecule has 0 bridgehead atoms. The molecule has 2 atom stereocenters. The first kappa shape index (κ1) is 22.1. The monoisotopic (exact) mass is 377 g/mol. The first-order chi connectivity index (χ1) is 12.0. The number of hydrogen-bond acceptors (Lipinski definition) is 4. The molecular formula is C20H31NO4Si. The minimum Gasteiger partial charge on any atom is -0.456 e. The van der Waals surface area contributed by atoms with Gasteiger partial charge in [0.1, 0.15) is 6.10 Å². The number of rotatable bonds is 8. The van der Waals surface area contributed by atoms with Crippen molar-refractivity contribution >= 4 is 20.2 Å². The van der Waals surface area contributed by atoms with Gasteiger partial charge >= 0.3 is 5.97 Å². The van der Waals surface area contributed by atoms with Gasteiger partial charge in [-0.1, -0.05) is 45.5 Å². The molecule has 5 nitrogen and oxygen atoms in total. The van der Waals surface area contributed by atoms with Gasteiger partial charge in [0.25, 0.3) is 5.91 Å². The molecule has 0 aromatic heterocycles. The molecule has 26 heavy (non-hydrogen) atoms. The van der Waals surface area contributed by atoms with E-state index in [9.17, 15) is 9.59 Å². The summed E-state index contributed by atoms with van der Waals surface area (Å²) < 4.78 is 11.6. The van der Waals surface area contributed by atoms with Crippen LogP contribution in [0.2, 0.25) is 18.1 Å². The van der Waals surface area contributed by atoms with Crippen molar-refractivity contribution in [1.29, 1.82) is 0 Å². The summed E-state index contributed by atoms with van der Waals surface area (Å²) in [4.78, 5) is 24.0. The largest absolute Gasteiger partial charge is 0.456 e. The minimum atomic E-state index is -2.02. The zero-order valence-corrected chi connectivity index (χ0v) is 17.7. The fourth-order valence-electron chi connectivity index (χ4n) is 2.06. The summed E-state index contributed by atoms with van der Waals surface area (Å²) in [5.74, 6) is -0.672. The van der Waals surface area contributed by atoms with Gasteiger partial charge < -0.3 is 14.5 Å². The van der Waals surface area contributed by atoms with Gasteiger partial charge in [-0.3, -0.25) is 9.59 Å². The highest BCUT2D eigenvalue weighted by Crippen LogP contribution is 2.36. The van der Waals surface area contributed by atoms with Crippen LogP contribution in [-0.2, 0) is 14.0 Å². The zero-order valence-electron chi connectivity index (χ0n) is 16.7. The van der Waals surface area contributed by atoms with E-state index in [-0.39, 0.29) is 17.6 Å². The maximum atomic E-state index is 12.6. The van der Waals surface area contributed by atoms with Crippen LogP contribution in [0, 0.1) is 0 Å². The number of ether oxygens (including phenoxy) is 1. The van der Waals surface area contributed by atoms with Crippen molar-refractivity contribution in [3.63, 3.8) is 0 Å². The van der Waals surface area contributed by atoms with Gasteiger partial charge in [-0.15, -0.1) is 0 Å². The molecule has 0 saturated heterocycles. The van der Waals surface area contributed by atoms with E-state index >= 15 is 0 Å². The lowest BCUT2D eigenvalue weighted by atomic mass is 10.1. The van der Waals surface area contributed by atoms with Crippen LogP contribution < -0.4 is 5.32 Å². The summed E-state index contributed by atoms with van der Waals surface area (Å²) in [5.41, 5.74) is 0.537. The number of nitrogens with one attached hydrogen (secondary N) is 1. The van der Waals surface area contributed by atoms with Crippen molar-refractivity contribution in [2.75, 3.05) is 6.61 Å². The highest BCUT2D eigenvalue weighted by Gasteiger charge is 2.38. The molecule has 6 heteroatoms. The first-order valence-electron chi connectivity index (χ1n) is 8.77. The van der Waals surface area contributed by atoms with Gasteiger partial charge in [-0.05, 0) is 36.3 Å². The van der Waals surface area contributed by atoms with E-state index < -0.39 is 26.4 Å². The molecule has 0 heterocycles. The third kappa shape index (κ3) is 6.42. The highest BCUT2D eigenvalue weighted by molar-refractivity contribution is 6.74. The molecule has 1 N–H and O–H groups in total. The number of benzene rings is 1. The lowest BCUT2D eigenvalue weighted by Gasteiger charge is -2.38. The number of amides is 1. The quantitative estimate of drug-likeness (QED) is 0.424. The normalized spacial score (nSPS) is 14.2. The van der Waals surface area contributed by atoms with Crippen LogP contribution in [0.1, 0.15) is 38.1 Å². The Kier molecular flexibility index (Phi) is 7.78. The Morgan fingerprint density at radius 1 is 1.23 bits per heavy atom. The summed E-state index contributed by atoms with van der Waals surface area (Å²) in [6.45, 7) is 16.0. The van der Waals surface area contributed by atoms with E-state index in [4.69, 9.17) is 9.16 Å². The molecule has 1 rings (SSSR count). The predicted octanol–water partition coefficient (Wildman–Crippen LogP) is 3.92. The highest BCUT2D eigenvalue weighted by atomic mass is 28.4. The summed E-state index contributed by atoms with van der Waals surface area (Å²) in [5, 5.41) is 2.96. The molecule has 0 aliphatic carbocycles. The van der Waals surface area contributed by atoms with Crippen molar-refractivity contribution in [3.05, 3.63) is 48.6 Å². The smallest absolute Gasteiger partial charge is 0.303 e. The second-order valence-corrected chi connectivity index (χ2v) is 12.6. The van der Waals surface area contributed by atoms with Gasteiger partial charge in [0.05, 0.1) is 12.6 Å². The molecule has 0 unspecified atom stereocenters. The van der Waals surface area contributed by atoms with E-state index in [1.807, 2.05) is 6.07 Å². The number of carbonyl (C=O) groups excluding carboxylic acids is 2. The van der Waals surface area contributed by atoms with Gasteiger partial charge in [0.2, 0.25) is 0 Å². The fourth-order valence-corrected chi connectivity index (χ4v) is 3.09. The fraction of sp³-hybridized carbons (Fsp3) is 0.500. The second-order valence-electron chi connectivity index (χ2n) is 7.83. The molecule has 0 aliphatic rings. The number of esters is 1. The Bertz CT molecular complexity index is 622. The Morgan fingerprint density at radius 3 is 2.27 bits per heavy atom. The van der Waals surface area contributed by atoms with E-state index in [1.165, 1.54) is 13.0 Å². The summed E-state index contributed by atoms with van der Waals surface area (Å²) in [7, 11) is -2.02. The Labute approximate surface area is 157 Å². The van der Waals surface area contributed by atoms with Gasteiger partial charge in [-0.25, -0.2) is 0 Å². The Morgan fingerprint density at radius 2 is 1.81 bits per heavy atom. The SMILES string of the molecule is C=C[C@@H](OC(C)=O)[C@@H](CO[Si](C)(C)C(C)(C)C)NC(=O)c1ccccc1. The molecule has 1 aromatic rings.